The summed E-state index contributed by atoms with van der Waals surface area (Å²) in [5, 5.41) is 6.76. The van der Waals surface area contributed by atoms with E-state index in [1.807, 2.05) is 44.2 Å². The first-order valence-electron chi connectivity index (χ1n) is 21.1. The van der Waals surface area contributed by atoms with Gasteiger partial charge in [0.25, 0.3) is 5.91 Å². The fraction of sp³-hybridized carbons (Fsp3) is 0.651. The Morgan fingerprint density at radius 1 is 1.05 bits per heavy atom. The molecule has 14 nitrogen and oxygen atoms in total. The third kappa shape index (κ3) is 7.63. The normalized spacial score (nSPS) is 30.4. The van der Waals surface area contributed by atoms with Crippen LogP contribution in [-0.2, 0) is 35.6 Å². The number of aryl methyl sites for hydroxylation is 1. The number of carbonyl (C=O) groups excluding carboxylic acids is 4. The predicted octanol–water partition coefficient (Wildman–Crippen LogP) is 5.32. The molecule has 1 spiro atoms. The second-order valence-electron chi connectivity index (χ2n) is 18.2. The van der Waals surface area contributed by atoms with Crippen molar-refractivity contribution in [3.8, 4) is 11.5 Å². The number of nitrogens with one attached hydrogen (secondary N) is 3. The molecule has 58 heavy (non-hydrogen) atoms. The van der Waals surface area contributed by atoms with E-state index in [0.717, 1.165) is 47.8 Å². The summed E-state index contributed by atoms with van der Waals surface area (Å²) in [6, 6.07) is 3.76. The first-order valence-corrected chi connectivity index (χ1v) is 22.6. The lowest BCUT2D eigenvalue weighted by molar-refractivity contribution is -0.141. The number of ether oxygens (including phenoxy) is 3. The molecule has 15 heteroatoms. The van der Waals surface area contributed by atoms with Crippen LogP contribution in [0, 0.1) is 11.8 Å². The average Bonchev–Trinajstić information content (AvgIpc) is 4.12. The molecule has 6 atom stereocenters. The minimum Gasteiger partial charge on any atom is -0.497 e. The van der Waals surface area contributed by atoms with Gasteiger partial charge in [0.05, 0.1) is 29.6 Å². The van der Waals surface area contributed by atoms with Gasteiger partial charge < -0.3 is 29.7 Å². The Hall–Kier alpha value is -4.40. The van der Waals surface area contributed by atoms with E-state index >= 15 is 0 Å². The molecule has 3 N–H and O–H groups in total. The number of pyridine rings is 1. The minimum atomic E-state index is -3.99. The van der Waals surface area contributed by atoms with Crippen molar-refractivity contribution in [2.24, 2.45) is 11.8 Å². The highest BCUT2D eigenvalue weighted by Gasteiger charge is 2.64. The number of aromatic nitrogens is 1. The molecule has 1 saturated heterocycles. The zero-order chi connectivity index (χ0) is 41.2. The quantitative estimate of drug-likeness (QED) is 0.295. The van der Waals surface area contributed by atoms with Crippen LogP contribution in [0.1, 0.15) is 122 Å². The molecule has 3 aliphatic heterocycles. The van der Waals surface area contributed by atoms with Crippen molar-refractivity contribution in [3.05, 3.63) is 41.6 Å². The van der Waals surface area contributed by atoms with E-state index in [4.69, 9.17) is 19.2 Å². The molecule has 8 rings (SSSR count). The molecule has 2 aromatic rings. The van der Waals surface area contributed by atoms with Crippen molar-refractivity contribution in [3.63, 3.8) is 0 Å². The smallest absolute Gasteiger partial charge is 0.408 e. The third-order valence-electron chi connectivity index (χ3n) is 13.5. The standard InChI is InChI=1S/C43H57N5O9S/c1-25(2)26(3)56-40(52)45-33-12-10-8-6-7-9-11-28-22-43(28,39(51)47-58(53,54)41(4)19-20-41)46-37(49)34-23-42(24-48(34)38(33)50)18-17-30-31-21-29(55-5)15-16-32(31)44-35(27-13-14-27)36(30)57-42/h9,11,15-16,21,25-28,33-34H,6-8,10,12-14,17-20,22-24H2,1-5H3,(H,45,52)(H,46,49)(H,47,51)/b11-9-/t26?,28-,33+,34+,42-,43-/m1/s1. The Morgan fingerprint density at radius 3 is 2.53 bits per heavy atom. The van der Waals surface area contributed by atoms with Gasteiger partial charge in [-0.2, -0.15) is 0 Å². The molecule has 0 radical (unpaired) electrons. The number of rotatable bonds is 8. The van der Waals surface area contributed by atoms with Gasteiger partial charge in [-0.05, 0) is 102 Å². The van der Waals surface area contributed by atoms with Crippen molar-refractivity contribution < 1.29 is 41.8 Å². The maximum Gasteiger partial charge on any atom is 0.408 e. The van der Waals surface area contributed by atoms with Gasteiger partial charge in [-0.25, -0.2) is 18.2 Å². The monoisotopic (exact) mass is 819 g/mol. The van der Waals surface area contributed by atoms with Gasteiger partial charge in [-0.3, -0.25) is 19.1 Å². The largest absolute Gasteiger partial charge is 0.497 e. The van der Waals surface area contributed by atoms with E-state index in [0.29, 0.717) is 56.4 Å². The van der Waals surface area contributed by atoms with Crippen LogP contribution in [0.15, 0.2) is 30.4 Å². The summed E-state index contributed by atoms with van der Waals surface area (Å²) < 4.78 is 46.1. The summed E-state index contributed by atoms with van der Waals surface area (Å²) in [5.74, 6) is -0.514. The van der Waals surface area contributed by atoms with E-state index in [-0.39, 0.29) is 37.3 Å². The Kier molecular flexibility index (Phi) is 10.4. The maximum atomic E-state index is 14.9. The lowest BCUT2D eigenvalue weighted by Crippen LogP contribution is -2.58. The number of sulfonamides is 1. The Labute approximate surface area is 340 Å². The molecule has 4 fully saturated rings. The van der Waals surface area contributed by atoms with Crippen LogP contribution >= 0.6 is 0 Å². The Bertz CT molecular complexity index is 2150. The molecule has 3 saturated carbocycles. The number of alkyl carbamates (subject to hydrolysis) is 1. The van der Waals surface area contributed by atoms with E-state index in [9.17, 15) is 27.6 Å². The summed E-state index contributed by atoms with van der Waals surface area (Å²) in [4.78, 5) is 63.6. The SMILES string of the molecule is COc1ccc2nc(C3CC3)c3c(c2c1)CC[C@]1(C[C@H]2C(=O)N[C@]4(C(=O)NS(=O)(=O)C5(C)CC5)C[C@H]4/C=C\CCCCC[C@H](NC(=O)OC(C)C(C)C)C(=O)N2C1)O3. The number of nitrogens with zero attached hydrogens (tertiary/aromatic N) is 2. The fourth-order valence-corrected chi connectivity index (χ4v) is 10.1. The zero-order valence-electron chi connectivity index (χ0n) is 34.2. The number of benzene rings is 1. The predicted molar refractivity (Wildman–Crippen MR) is 216 cm³/mol. The van der Waals surface area contributed by atoms with Gasteiger partial charge in [-0.15, -0.1) is 0 Å². The summed E-state index contributed by atoms with van der Waals surface area (Å²) in [5.41, 5.74) is 0.269. The van der Waals surface area contributed by atoms with Crippen LogP contribution in [-0.4, -0.2) is 89.8 Å². The number of methoxy groups -OCH3 is 1. The van der Waals surface area contributed by atoms with Gasteiger partial charge in [0, 0.05) is 29.2 Å². The van der Waals surface area contributed by atoms with Crippen LogP contribution < -0.4 is 24.8 Å². The molecular weight excluding hydrogens is 763 g/mol. The van der Waals surface area contributed by atoms with Crippen LogP contribution in [0.4, 0.5) is 4.79 Å². The van der Waals surface area contributed by atoms with Gasteiger partial charge in [0.15, 0.2) is 0 Å². The second kappa shape index (κ2) is 15.0. The number of hydrogen-bond acceptors (Lipinski definition) is 10. The fourth-order valence-electron chi connectivity index (χ4n) is 8.78. The van der Waals surface area contributed by atoms with Crippen molar-refractivity contribution in [1.29, 1.82) is 0 Å². The summed E-state index contributed by atoms with van der Waals surface area (Å²) in [6.45, 7) is 7.36. The van der Waals surface area contributed by atoms with Crippen LogP contribution in [0.25, 0.3) is 10.9 Å². The van der Waals surface area contributed by atoms with Crippen LogP contribution in [0.3, 0.4) is 0 Å². The number of allylic oxidation sites excluding steroid dienone is 1. The van der Waals surface area contributed by atoms with Gasteiger partial charge in [-0.1, -0.05) is 38.8 Å². The maximum absolute atomic E-state index is 14.9. The van der Waals surface area contributed by atoms with Crippen molar-refractivity contribution in [2.75, 3.05) is 13.7 Å². The highest BCUT2D eigenvalue weighted by Crippen LogP contribution is 2.52. The first-order chi connectivity index (χ1) is 27.6. The zero-order valence-corrected chi connectivity index (χ0v) is 35.0. The Balaban J connectivity index is 1.15. The van der Waals surface area contributed by atoms with Crippen molar-refractivity contribution >= 4 is 44.7 Å². The highest BCUT2D eigenvalue weighted by atomic mass is 32.2. The molecule has 1 unspecified atom stereocenters. The highest BCUT2D eigenvalue weighted by molar-refractivity contribution is 7.91. The number of amides is 4. The summed E-state index contributed by atoms with van der Waals surface area (Å²) >= 11 is 0. The van der Waals surface area contributed by atoms with Gasteiger partial charge in [0.2, 0.25) is 21.8 Å². The average molecular weight is 820 g/mol. The van der Waals surface area contributed by atoms with E-state index in [2.05, 4.69) is 15.4 Å². The molecule has 4 amide bonds. The van der Waals surface area contributed by atoms with E-state index in [1.54, 1.807) is 21.0 Å². The first kappa shape index (κ1) is 40.4. The molecule has 6 aliphatic rings. The molecule has 4 heterocycles. The number of fused-ring (bicyclic) bond motifs is 5. The Morgan fingerprint density at radius 2 is 1.83 bits per heavy atom. The molecule has 0 bridgehead atoms. The summed E-state index contributed by atoms with van der Waals surface area (Å²) in [7, 11) is -2.37. The van der Waals surface area contributed by atoms with E-state index < -0.39 is 67.7 Å². The number of hydrogen-bond donors (Lipinski definition) is 3. The van der Waals surface area contributed by atoms with Crippen LogP contribution in [0.5, 0.6) is 11.5 Å². The van der Waals surface area contributed by atoms with Crippen LogP contribution in [0.2, 0.25) is 0 Å². The molecular formula is C43H57N5O9S. The lowest BCUT2D eigenvalue weighted by atomic mass is 9.86. The van der Waals surface area contributed by atoms with Gasteiger partial charge in [0.1, 0.15) is 40.8 Å². The third-order valence-corrected chi connectivity index (χ3v) is 15.7. The topological polar surface area (TPSA) is 182 Å². The second-order valence-corrected chi connectivity index (χ2v) is 20.4. The molecule has 1 aromatic carbocycles. The van der Waals surface area contributed by atoms with Crippen molar-refractivity contribution in [1.82, 2.24) is 25.2 Å². The van der Waals surface area contributed by atoms with Gasteiger partial charge >= 0.3 is 6.09 Å². The van der Waals surface area contributed by atoms with Crippen molar-refractivity contribution in [2.45, 2.75) is 151 Å². The lowest BCUT2D eigenvalue weighted by Gasteiger charge is -2.37. The molecule has 314 valence electrons. The summed E-state index contributed by atoms with van der Waals surface area (Å²) in [6.07, 6.45) is 10.4. The number of carbonyl (C=O) groups is 4. The van der Waals surface area contributed by atoms with E-state index in [1.165, 1.54) is 4.90 Å². The molecule has 3 aliphatic carbocycles. The minimum absolute atomic E-state index is 0.0615. The molecule has 1 aromatic heterocycles.